The summed E-state index contributed by atoms with van der Waals surface area (Å²) >= 11 is 7.42. The minimum Gasteiger partial charge on any atom is -0.379 e. The lowest BCUT2D eigenvalue weighted by Crippen LogP contribution is -2.36. The van der Waals surface area contributed by atoms with Crippen LogP contribution in [0.1, 0.15) is 5.82 Å². The molecule has 0 aliphatic carbocycles. The monoisotopic (exact) mass is 407 g/mol. The first-order valence-corrected chi connectivity index (χ1v) is 10.0. The molecule has 1 fully saturated rings. The molecular weight excluding hydrogens is 386 g/mol. The van der Waals surface area contributed by atoms with E-state index in [0.717, 1.165) is 32.1 Å². The molecule has 3 rings (SSSR count). The van der Waals surface area contributed by atoms with E-state index in [-0.39, 0.29) is 11.7 Å². The van der Waals surface area contributed by atoms with Gasteiger partial charge in [0.25, 0.3) is 0 Å². The second-order valence-electron chi connectivity index (χ2n) is 6.00. The summed E-state index contributed by atoms with van der Waals surface area (Å²) in [6, 6.07) is 7.16. The van der Waals surface area contributed by atoms with Crippen LogP contribution in [0, 0.1) is 0 Å². The number of ether oxygens (including phenoxy) is 1. The number of carbonyl (C=O) groups excluding carboxylic acids is 1. The molecule has 9 heteroatoms. The minimum atomic E-state index is -0.143. The summed E-state index contributed by atoms with van der Waals surface area (Å²) in [5.74, 6) is 0.944. The third-order valence-electron chi connectivity index (χ3n) is 4.05. The average Bonchev–Trinajstić information content (AvgIpc) is 3.05. The third-order valence-corrected chi connectivity index (χ3v) is 5.35. The predicted octanol–water partition coefficient (Wildman–Crippen LogP) is 2.68. The minimum absolute atomic E-state index is 0.143. The maximum atomic E-state index is 12.2. The molecule has 1 aromatic heterocycles. The van der Waals surface area contributed by atoms with E-state index in [2.05, 4.69) is 27.0 Å². The number of thioether (sulfide) groups is 1. The van der Waals surface area contributed by atoms with Gasteiger partial charge in [-0.15, -0.1) is 16.8 Å². The number of para-hydroxylation sites is 1. The molecule has 27 heavy (non-hydrogen) atoms. The van der Waals surface area contributed by atoms with Gasteiger partial charge in [-0.1, -0.05) is 41.6 Å². The first-order valence-electron chi connectivity index (χ1n) is 8.67. The van der Waals surface area contributed by atoms with Gasteiger partial charge in [0.05, 0.1) is 36.2 Å². The largest absolute Gasteiger partial charge is 0.379 e. The van der Waals surface area contributed by atoms with Crippen molar-refractivity contribution >= 4 is 35.0 Å². The van der Waals surface area contributed by atoms with Crippen molar-refractivity contribution in [3.05, 3.63) is 47.8 Å². The molecule has 1 N–H and O–H groups in total. The molecule has 0 atom stereocenters. The van der Waals surface area contributed by atoms with E-state index in [9.17, 15) is 4.79 Å². The molecule has 2 aromatic rings. The zero-order chi connectivity index (χ0) is 19.1. The standard InChI is InChI=1S/C18H22ClN5O2S/c1-2-7-24-16(12-23-8-10-26-11-9-23)21-22-18(24)27-13-17(25)20-15-6-4-3-5-14(15)19/h2-6H,1,7-13H2,(H,20,25). The van der Waals surface area contributed by atoms with Gasteiger partial charge >= 0.3 is 0 Å². The van der Waals surface area contributed by atoms with E-state index in [0.29, 0.717) is 29.0 Å². The lowest BCUT2D eigenvalue weighted by Gasteiger charge is -2.26. The second-order valence-corrected chi connectivity index (χ2v) is 7.35. The van der Waals surface area contributed by atoms with Crippen LogP contribution in [0.4, 0.5) is 5.69 Å². The molecule has 1 amide bonds. The molecule has 1 aliphatic rings. The third kappa shape index (κ3) is 5.55. The highest BCUT2D eigenvalue weighted by Crippen LogP contribution is 2.22. The maximum absolute atomic E-state index is 12.2. The number of aromatic nitrogens is 3. The zero-order valence-electron chi connectivity index (χ0n) is 14.9. The summed E-state index contributed by atoms with van der Waals surface area (Å²) in [7, 11) is 0. The summed E-state index contributed by atoms with van der Waals surface area (Å²) in [5, 5.41) is 12.6. The van der Waals surface area contributed by atoms with Crippen molar-refractivity contribution < 1.29 is 9.53 Å². The molecule has 0 spiro atoms. The van der Waals surface area contributed by atoms with Crippen LogP contribution in [0.3, 0.4) is 0 Å². The topological polar surface area (TPSA) is 72.3 Å². The number of hydrogen-bond acceptors (Lipinski definition) is 6. The van der Waals surface area contributed by atoms with E-state index < -0.39 is 0 Å². The Kier molecular flexibility index (Phi) is 7.28. The van der Waals surface area contributed by atoms with E-state index in [4.69, 9.17) is 16.3 Å². The van der Waals surface area contributed by atoms with Crippen LogP contribution in [-0.2, 0) is 22.6 Å². The second kappa shape index (κ2) is 9.89. The van der Waals surface area contributed by atoms with Crippen LogP contribution in [0.15, 0.2) is 42.1 Å². The Morgan fingerprint density at radius 2 is 2.11 bits per heavy atom. The van der Waals surface area contributed by atoms with E-state index in [1.807, 2.05) is 16.7 Å². The van der Waals surface area contributed by atoms with Gasteiger partial charge in [0, 0.05) is 19.6 Å². The van der Waals surface area contributed by atoms with Gasteiger partial charge in [0.15, 0.2) is 5.16 Å². The Hall–Kier alpha value is -1.87. The fourth-order valence-corrected chi connectivity index (χ4v) is 3.64. The van der Waals surface area contributed by atoms with E-state index in [1.165, 1.54) is 11.8 Å². The van der Waals surface area contributed by atoms with Crippen molar-refractivity contribution in [1.29, 1.82) is 0 Å². The van der Waals surface area contributed by atoms with Crippen LogP contribution in [-0.4, -0.2) is 57.6 Å². The molecule has 144 valence electrons. The number of nitrogens with zero attached hydrogens (tertiary/aromatic N) is 4. The van der Waals surface area contributed by atoms with E-state index in [1.54, 1.807) is 18.2 Å². The van der Waals surface area contributed by atoms with Crippen LogP contribution in [0.5, 0.6) is 0 Å². The Morgan fingerprint density at radius 3 is 2.85 bits per heavy atom. The lowest BCUT2D eigenvalue weighted by atomic mass is 10.3. The number of nitrogens with one attached hydrogen (secondary N) is 1. The highest BCUT2D eigenvalue weighted by Gasteiger charge is 2.18. The van der Waals surface area contributed by atoms with Crippen molar-refractivity contribution in [2.45, 2.75) is 18.2 Å². The van der Waals surface area contributed by atoms with Crippen LogP contribution in [0.25, 0.3) is 0 Å². The first kappa shape index (κ1) is 19.9. The first-order chi connectivity index (χ1) is 13.2. The zero-order valence-corrected chi connectivity index (χ0v) is 16.5. The maximum Gasteiger partial charge on any atom is 0.234 e. The fourth-order valence-electron chi connectivity index (χ4n) is 2.69. The summed E-state index contributed by atoms with van der Waals surface area (Å²) in [6.45, 7) is 8.34. The van der Waals surface area contributed by atoms with Crippen molar-refractivity contribution in [2.75, 3.05) is 37.4 Å². The summed E-state index contributed by atoms with van der Waals surface area (Å²) in [5.41, 5.74) is 0.602. The highest BCUT2D eigenvalue weighted by molar-refractivity contribution is 7.99. The summed E-state index contributed by atoms with van der Waals surface area (Å²) in [4.78, 5) is 14.5. The van der Waals surface area contributed by atoms with Gasteiger partial charge in [-0.3, -0.25) is 9.69 Å². The fraction of sp³-hybridized carbons (Fsp3) is 0.389. The number of allylic oxidation sites excluding steroid dienone is 1. The van der Waals surface area contributed by atoms with Crippen LogP contribution >= 0.6 is 23.4 Å². The Morgan fingerprint density at radius 1 is 1.33 bits per heavy atom. The van der Waals surface area contributed by atoms with Gasteiger partial charge in [-0.05, 0) is 12.1 Å². The number of halogens is 1. The SMILES string of the molecule is C=CCn1c(CN2CCOCC2)nnc1SCC(=O)Nc1ccccc1Cl. The smallest absolute Gasteiger partial charge is 0.234 e. The molecule has 0 saturated carbocycles. The number of morpholine rings is 1. The van der Waals surface area contributed by atoms with Crippen LogP contribution < -0.4 is 5.32 Å². The number of rotatable bonds is 8. The molecule has 7 nitrogen and oxygen atoms in total. The van der Waals surface area contributed by atoms with Crippen LogP contribution in [0.2, 0.25) is 5.02 Å². The number of anilines is 1. The van der Waals surface area contributed by atoms with Gasteiger partial charge in [0.2, 0.25) is 5.91 Å². The highest BCUT2D eigenvalue weighted by atomic mass is 35.5. The Balaban J connectivity index is 1.61. The number of hydrogen-bond donors (Lipinski definition) is 1. The molecule has 1 aromatic carbocycles. The Labute approximate surface area is 167 Å². The lowest BCUT2D eigenvalue weighted by molar-refractivity contribution is -0.113. The van der Waals surface area contributed by atoms with Gasteiger partial charge in [-0.25, -0.2) is 0 Å². The number of amides is 1. The van der Waals surface area contributed by atoms with Crippen molar-refractivity contribution in [2.24, 2.45) is 0 Å². The normalized spacial score (nSPS) is 14.9. The molecule has 1 saturated heterocycles. The molecular formula is C18H22ClN5O2S. The molecule has 0 radical (unpaired) electrons. The molecule has 0 bridgehead atoms. The van der Waals surface area contributed by atoms with Gasteiger partial charge < -0.3 is 14.6 Å². The van der Waals surface area contributed by atoms with Crippen molar-refractivity contribution in [1.82, 2.24) is 19.7 Å². The van der Waals surface area contributed by atoms with E-state index >= 15 is 0 Å². The van der Waals surface area contributed by atoms with Crippen molar-refractivity contribution in [3.63, 3.8) is 0 Å². The number of benzene rings is 1. The van der Waals surface area contributed by atoms with Gasteiger partial charge in [-0.2, -0.15) is 0 Å². The quantitative estimate of drug-likeness (QED) is 0.535. The summed E-state index contributed by atoms with van der Waals surface area (Å²) < 4.78 is 7.38. The Bertz CT molecular complexity index is 792. The molecule has 2 heterocycles. The number of carbonyl (C=O) groups is 1. The average molecular weight is 408 g/mol. The van der Waals surface area contributed by atoms with Crippen molar-refractivity contribution in [3.8, 4) is 0 Å². The molecule has 1 aliphatic heterocycles. The van der Waals surface area contributed by atoms with Gasteiger partial charge in [0.1, 0.15) is 5.82 Å². The molecule has 0 unspecified atom stereocenters. The summed E-state index contributed by atoms with van der Waals surface area (Å²) in [6.07, 6.45) is 1.81. The predicted molar refractivity (Wildman–Crippen MR) is 107 cm³/mol.